The summed E-state index contributed by atoms with van der Waals surface area (Å²) >= 11 is 0. The van der Waals surface area contributed by atoms with Crippen LogP contribution in [0.3, 0.4) is 0 Å². The Bertz CT molecular complexity index is 828. The molecule has 0 spiro atoms. The first-order chi connectivity index (χ1) is 11.9. The van der Waals surface area contributed by atoms with Gasteiger partial charge in [0.1, 0.15) is 5.75 Å². The third-order valence-electron chi connectivity index (χ3n) is 3.33. The average molecular weight is 343 g/mol. The molecule has 0 heterocycles. The summed E-state index contributed by atoms with van der Waals surface area (Å²) in [6.07, 6.45) is 2.82. The Morgan fingerprint density at radius 1 is 1.04 bits per heavy atom. The lowest BCUT2D eigenvalue weighted by Gasteiger charge is -2.08. The van der Waals surface area contributed by atoms with E-state index in [1.807, 2.05) is 0 Å². The van der Waals surface area contributed by atoms with Gasteiger partial charge < -0.3 is 25.0 Å². The molecule has 2 rings (SSSR count). The highest BCUT2D eigenvalue weighted by Gasteiger charge is 2.12. The fourth-order valence-corrected chi connectivity index (χ4v) is 2.12. The van der Waals surface area contributed by atoms with E-state index in [4.69, 9.17) is 14.6 Å². The number of hydrogen-bond donors (Lipinski definition) is 3. The van der Waals surface area contributed by atoms with E-state index in [0.29, 0.717) is 17.1 Å². The number of hydrogen-bond acceptors (Lipinski definition) is 5. The van der Waals surface area contributed by atoms with Crippen LogP contribution in [0.25, 0.3) is 6.08 Å². The van der Waals surface area contributed by atoms with Crippen LogP contribution < -0.4 is 14.8 Å². The molecule has 1 amide bonds. The Morgan fingerprint density at radius 2 is 1.76 bits per heavy atom. The van der Waals surface area contributed by atoms with Gasteiger partial charge in [-0.2, -0.15) is 0 Å². The highest BCUT2D eigenvalue weighted by Crippen LogP contribution is 2.28. The van der Waals surface area contributed by atoms with Crippen molar-refractivity contribution in [3.05, 3.63) is 53.6 Å². The zero-order valence-electron chi connectivity index (χ0n) is 13.6. The van der Waals surface area contributed by atoms with Crippen LogP contribution in [0.5, 0.6) is 17.2 Å². The van der Waals surface area contributed by atoms with E-state index in [2.05, 4.69) is 5.32 Å². The minimum Gasteiger partial charge on any atom is -0.508 e. The SMILES string of the molecule is COc1ccc(/C=C/C(=O)Nc2ccc(O)cc2C(=O)O)cc1OC. The molecular formula is C18H17NO6. The number of aromatic hydroxyl groups is 1. The largest absolute Gasteiger partial charge is 0.508 e. The second-order valence-electron chi connectivity index (χ2n) is 4.97. The number of phenolic OH excluding ortho intramolecular Hbond substituents is 1. The molecule has 0 aliphatic rings. The predicted octanol–water partition coefficient (Wildman–Crippen LogP) is 2.76. The Morgan fingerprint density at radius 3 is 2.40 bits per heavy atom. The van der Waals surface area contributed by atoms with E-state index in [1.165, 1.54) is 32.4 Å². The number of phenols is 1. The first-order valence-electron chi connectivity index (χ1n) is 7.22. The van der Waals surface area contributed by atoms with Crippen molar-refractivity contribution in [2.24, 2.45) is 0 Å². The standard InChI is InChI=1S/C18H17NO6/c1-24-15-7-3-11(9-16(15)25-2)4-8-17(21)19-14-6-5-12(20)10-13(14)18(22)23/h3-10,20H,1-2H3,(H,19,21)(H,22,23)/b8-4+. The molecule has 130 valence electrons. The number of ether oxygens (including phenoxy) is 2. The van der Waals surface area contributed by atoms with Crippen molar-refractivity contribution in [1.82, 2.24) is 0 Å². The number of methoxy groups -OCH3 is 2. The van der Waals surface area contributed by atoms with Crippen LogP contribution in [0.4, 0.5) is 5.69 Å². The number of carbonyl (C=O) groups is 2. The topological polar surface area (TPSA) is 105 Å². The molecule has 25 heavy (non-hydrogen) atoms. The summed E-state index contributed by atoms with van der Waals surface area (Å²) in [5.41, 5.74) is 0.595. The number of carboxylic acids is 1. The average Bonchev–Trinajstić information content (AvgIpc) is 2.61. The molecule has 0 saturated carbocycles. The molecule has 0 aromatic heterocycles. The van der Waals surface area contributed by atoms with Gasteiger partial charge in [-0.15, -0.1) is 0 Å². The molecule has 2 aromatic rings. The summed E-state index contributed by atoms with van der Waals surface area (Å²) in [5.74, 6) is -0.870. The molecule has 0 saturated heterocycles. The van der Waals surface area contributed by atoms with Crippen LogP contribution in [-0.2, 0) is 4.79 Å². The molecule has 0 fully saturated rings. The van der Waals surface area contributed by atoms with Crippen LogP contribution in [0, 0.1) is 0 Å². The van der Waals surface area contributed by atoms with Crippen molar-refractivity contribution < 1.29 is 29.3 Å². The molecule has 7 heteroatoms. The van der Waals surface area contributed by atoms with Crippen molar-refractivity contribution in [3.8, 4) is 17.2 Å². The van der Waals surface area contributed by atoms with E-state index in [1.54, 1.807) is 24.3 Å². The predicted molar refractivity (Wildman–Crippen MR) is 92.3 cm³/mol. The molecule has 2 aromatic carbocycles. The number of benzene rings is 2. The van der Waals surface area contributed by atoms with Crippen LogP contribution >= 0.6 is 0 Å². The summed E-state index contributed by atoms with van der Waals surface area (Å²) in [4.78, 5) is 23.2. The maximum Gasteiger partial charge on any atom is 0.337 e. The lowest BCUT2D eigenvalue weighted by atomic mass is 10.1. The summed E-state index contributed by atoms with van der Waals surface area (Å²) < 4.78 is 10.3. The zero-order valence-corrected chi connectivity index (χ0v) is 13.6. The van der Waals surface area contributed by atoms with Crippen molar-refractivity contribution >= 4 is 23.6 Å². The van der Waals surface area contributed by atoms with Gasteiger partial charge in [0.25, 0.3) is 0 Å². The molecule has 0 bridgehead atoms. The van der Waals surface area contributed by atoms with Gasteiger partial charge in [0.15, 0.2) is 11.5 Å². The number of carboxylic acid groups (broad SMARTS) is 1. The number of amides is 1. The van der Waals surface area contributed by atoms with Crippen molar-refractivity contribution in [1.29, 1.82) is 0 Å². The lowest BCUT2D eigenvalue weighted by molar-refractivity contribution is -0.111. The van der Waals surface area contributed by atoms with Gasteiger partial charge in [0.05, 0.1) is 25.5 Å². The van der Waals surface area contributed by atoms with E-state index in [-0.39, 0.29) is 17.0 Å². The Kier molecular flexibility index (Phi) is 5.62. The molecule has 0 radical (unpaired) electrons. The molecule has 0 unspecified atom stereocenters. The van der Waals surface area contributed by atoms with E-state index in [0.717, 1.165) is 6.07 Å². The molecule has 7 nitrogen and oxygen atoms in total. The highest BCUT2D eigenvalue weighted by molar-refractivity contribution is 6.06. The Labute approximate surface area is 144 Å². The van der Waals surface area contributed by atoms with Gasteiger partial charge in [-0.3, -0.25) is 4.79 Å². The number of anilines is 1. The molecule has 0 atom stereocenters. The second kappa shape index (κ2) is 7.87. The van der Waals surface area contributed by atoms with Gasteiger partial charge in [-0.1, -0.05) is 6.07 Å². The lowest BCUT2D eigenvalue weighted by Crippen LogP contribution is -2.11. The molecule has 3 N–H and O–H groups in total. The third-order valence-corrected chi connectivity index (χ3v) is 3.33. The number of aromatic carboxylic acids is 1. The minimum absolute atomic E-state index is 0.0901. The molecule has 0 aliphatic heterocycles. The maximum absolute atomic E-state index is 12.0. The summed E-state index contributed by atoms with van der Waals surface area (Å²) in [6, 6.07) is 8.83. The first-order valence-corrected chi connectivity index (χ1v) is 7.22. The second-order valence-corrected chi connectivity index (χ2v) is 4.97. The van der Waals surface area contributed by atoms with E-state index < -0.39 is 11.9 Å². The smallest absolute Gasteiger partial charge is 0.337 e. The van der Waals surface area contributed by atoms with Crippen LogP contribution in [0.1, 0.15) is 15.9 Å². The zero-order chi connectivity index (χ0) is 18.4. The maximum atomic E-state index is 12.0. The minimum atomic E-state index is -1.25. The summed E-state index contributed by atoms with van der Waals surface area (Å²) in [6.45, 7) is 0. The molecular weight excluding hydrogens is 326 g/mol. The fourth-order valence-electron chi connectivity index (χ4n) is 2.12. The van der Waals surface area contributed by atoms with Crippen LogP contribution in [-0.4, -0.2) is 36.3 Å². The van der Waals surface area contributed by atoms with Crippen molar-refractivity contribution in [2.75, 3.05) is 19.5 Å². The van der Waals surface area contributed by atoms with Gasteiger partial charge in [-0.05, 0) is 42.0 Å². The summed E-state index contributed by atoms with van der Waals surface area (Å²) in [7, 11) is 3.04. The number of rotatable bonds is 6. The number of carbonyl (C=O) groups excluding carboxylic acids is 1. The van der Waals surface area contributed by atoms with Crippen LogP contribution in [0.15, 0.2) is 42.5 Å². The quantitative estimate of drug-likeness (QED) is 0.550. The normalized spacial score (nSPS) is 10.5. The van der Waals surface area contributed by atoms with Gasteiger partial charge in [-0.25, -0.2) is 4.79 Å². The van der Waals surface area contributed by atoms with Gasteiger partial charge in [0.2, 0.25) is 5.91 Å². The third kappa shape index (κ3) is 4.51. The summed E-state index contributed by atoms with van der Waals surface area (Å²) in [5, 5.41) is 20.9. The fraction of sp³-hybridized carbons (Fsp3) is 0.111. The highest BCUT2D eigenvalue weighted by atomic mass is 16.5. The van der Waals surface area contributed by atoms with Crippen LogP contribution in [0.2, 0.25) is 0 Å². The molecule has 0 aliphatic carbocycles. The van der Waals surface area contributed by atoms with E-state index >= 15 is 0 Å². The van der Waals surface area contributed by atoms with Crippen molar-refractivity contribution in [3.63, 3.8) is 0 Å². The monoisotopic (exact) mass is 343 g/mol. The number of nitrogens with one attached hydrogen (secondary N) is 1. The van der Waals surface area contributed by atoms with E-state index in [9.17, 15) is 14.7 Å². The van der Waals surface area contributed by atoms with Gasteiger partial charge >= 0.3 is 5.97 Å². The Balaban J connectivity index is 2.15. The first kappa shape index (κ1) is 17.9. The Hall–Kier alpha value is -3.48. The van der Waals surface area contributed by atoms with Gasteiger partial charge in [0, 0.05) is 6.08 Å². The van der Waals surface area contributed by atoms with Crippen molar-refractivity contribution in [2.45, 2.75) is 0 Å².